The molecule has 1 aromatic heterocycles. The van der Waals surface area contributed by atoms with Gasteiger partial charge in [-0.3, -0.25) is 4.79 Å². The Morgan fingerprint density at radius 2 is 2.14 bits per heavy atom. The van der Waals surface area contributed by atoms with E-state index in [-0.39, 0.29) is 11.9 Å². The molecular formula is C10H17N3O. The number of imidazole rings is 1. The molecule has 1 amide bonds. The number of hydrogen-bond acceptors (Lipinski definition) is 2. The predicted octanol–water partition coefficient (Wildman–Crippen LogP) is 1.19. The van der Waals surface area contributed by atoms with Crippen LogP contribution in [-0.2, 0) is 7.05 Å². The molecule has 4 heteroatoms. The summed E-state index contributed by atoms with van der Waals surface area (Å²) in [6.45, 7) is 6.14. The normalized spacial score (nSPS) is 12.9. The Bertz CT molecular complexity index is 317. The molecule has 0 aliphatic carbocycles. The number of nitrogens with zero attached hydrogens (tertiary/aromatic N) is 2. The number of amides is 1. The van der Waals surface area contributed by atoms with Crippen LogP contribution < -0.4 is 5.32 Å². The zero-order valence-electron chi connectivity index (χ0n) is 9.11. The van der Waals surface area contributed by atoms with Crippen LogP contribution in [0.2, 0.25) is 0 Å². The molecule has 78 valence electrons. The molecule has 1 rings (SSSR count). The lowest BCUT2D eigenvalue weighted by Crippen LogP contribution is -2.36. The maximum absolute atomic E-state index is 11.6. The van der Waals surface area contributed by atoms with Crippen LogP contribution in [0.15, 0.2) is 12.5 Å². The van der Waals surface area contributed by atoms with Crippen LogP contribution in [0.1, 0.15) is 31.3 Å². The van der Waals surface area contributed by atoms with Gasteiger partial charge in [-0.1, -0.05) is 13.8 Å². The maximum atomic E-state index is 11.6. The van der Waals surface area contributed by atoms with Gasteiger partial charge in [-0.15, -0.1) is 0 Å². The lowest BCUT2D eigenvalue weighted by Gasteiger charge is -2.16. The molecule has 0 spiro atoms. The van der Waals surface area contributed by atoms with E-state index < -0.39 is 0 Å². The zero-order chi connectivity index (χ0) is 10.7. The van der Waals surface area contributed by atoms with E-state index in [0.29, 0.717) is 11.6 Å². The summed E-state index contributed by atoms with van der Waals surface area (Å²) >= 11 is 0. The van der Waals surface area contributed by atoms with Crippen LogP contribution >= 0.6 is 0 Å². The molecule has 0 bridgehead atoms. The molecule has 0 saturated carbocycles. The topological polar surface area (TPSA) is 46.9 Å². The van der Waals surface area contributed by atoms with Gasteiger partial charge in [0, 0.05) is 19.3 Å². The number of rotatable bonds is 3. The van der Waals surface area contributed by atoms with E-state index in [2.05, 4.69) is 24.1 Å². The molecule has 1 atom stereocenters. The van der Waals surface area contributed by atoms with Crippen molar-refractivity contribution in [2.24, 2.45) is 13.0 Å². The third-order valence-electron chi connectivity index (χ3n) is 2.30. The summed E-state index contributed by atoms with van der Waals surface area (Å²) in [5.74, 6) is 0.328. The summed E-state index contributed by atoms with van der Waals surface area (Å²) in [5.41, 5.74) is 0.472. The van der Waals surface area contributed by atoms with Crippen LogP contribution in [0.5, 0.6) is 0 Å². The van der Waals surface area contributed by atoms with Crippen LogP contribution in [-0.4, -0.2) is 21.5 Å². The van der Waals surface area contributed by atoms with Crippen molar-refractivity contribution in [2.75, 3.05) is 0 Å². The average molecular weight is 195 g/mol. The lowest BCUT2D eigenvalue weighted by molar-refractivity contribution is 0.0926. The van der Waals surface area contributed by atoms with Crippen LogP contribution in [0.4, 0.5) is 0 Å². The summed E-state index contributed by atoms with van der Waals surface area (Å²) in [6.07, 6.45) is 3.33. The molecule has 1 aromatic rings. The number of carbonyl (C=O) groups excluding carboxylic acids is 1. The van der Waals surface area contributed by atoms with E-state index in [4.69, 9.17) is 0 Å². The summed E-state index contributed by atoms with van der Waals surface area (Å²) in [5, 5.41) is 2.89. The Labute approximate surface area is 84.3 Å². The Kier molecular flexibility index (Phi) is 3.28. The second kappa shape index (κ2) is 4.26. The van der Waals surface area contributed by atoms with E-state index in [1.807, 2.05) is 14.0 Å². The highest BCUT2D eigenvalue weighted by Gasteiger charge is 2.13. The smallest absolute Gasteiger partial charge is 0.271 e. The number of nitrogens with one attached hydrogen (secondary N) is 1. The predicted molar refractivity (Wildman–Crippen MR) is 55.0 cm³/mol. The minimum atomic E-state index is -0.105. The molecule has 0 saturated heterocycles. The number of carbonyl (C=O) groups is 1. The van der Waals surface area contributed by atoms with E-state index >= 15 is 0 Å². The Hall–Kier alpha value is -1.32. The molecule has 0 aliphatic rings. The van der Waals surface area contributed by atoms with Crippen molar-refractivity contribution in [2.45, 2.75) is 26.8 Å². The molecule has 0 aromatic carbocycles. The number of aryl methyl sites for hydroxylation is 1. The van der Waals surface area contributed by atoms with Crippen LogP contribution in [0.3, 0.4) is 0 Å². The fourth-order valence-corrected chi connectivity index (χ4v) is 0.977. The zero-order valence-corrected chi connectivity index (χ0v) is 9.11. The van der Waals surface area contributed by atoms with E-state index in [1.165, 1.54) is 0 Å². The Morgan fingerprint density at radius 1 is 1.50 bits per heavy atom. The molecule has 1 N–H and O–H groups in total. The SMILES string of the molecule is CC(C)[C@@H](C)NC(=O)c1cn(C)cn1. The first-order chi connectivity index (χ1) is 6.50. The maximum Gasteiger partial charge on any atom is 0.271 e. The third kappa shape index (κ3) is 2.58. The highest BCUT2D eigenvalue weighted by Crippen LogP contribution is 2.01. The number of aromatic nitrogens is 2. The Balaban J connectivity index is 2.59. The summed E-state index contributed by atoms with van der Waals surface area (Å²) in [6, 6.07) is 0.171. The van der Waals surface area contributed by atoms with Crippen molar-refractivity contribution in [1.82, 2.24) is 14.9 Å². The quantitative estimate of drug-likeness (QED) is 0.787. The van der Waals surface area contributed by atoms with Gasteiger partial charge in [0.2, 0.25) is 0 Å². The standard InChI is InChI=1S/C10H17N3O/c1-7(2)8(3)12-10(14)9-5-13(4)6-11-9/h5-8H,1-4H3,(H,12,14)/t8-/m1/s1. The molecule has 0 aliphatic heterocycles. The average Bonchev–Trinajstić information content (AvgIpc) is 2.51. The molecule has 14 heavy (non-hydrogen) atoms. The van der Waals surface area contributed by atoms with Gasteiger partial charge in [-0.2, -0.15) is 0 Å². The van der Waals surface area contributed by atoms with Crippen molar-refractivity contribution in [3.05, 3.63) is 18.2 Å². The third-order valence-corrected chi connectivity index (χ3v) is 2.30. The van der Waals surface area contributed by atoms with Gasteiger partial charge in [-0.25, -0.2) is 4.98 Å². The molecule has 0 fully saturated rings. The molecule has 4 nitrogen and oxygen atoms in total. The van der Waals surface area contributed by atoms with Crippen molar-refractivity contribution in [3.63, 3.8) is 0 Å². The van der Waals surface area contributed by atoms with Crippen LogP contribution in [0, 0.1) is 5.92 Å². The van der Waals surface area contributed by atoms with Crippen LogP contribution in [0.25, 0.3) is 0 Å². The first kappa shape index (κ1) is 10.8. The largest absolute Gasteiger partial charge is 0.348 e. The van der Waals surface area contributed by atoms with Gasteiger partial charge < -0.3 is 9.88 Å². The Morgan fingerprint density at radius 3 is 2.57 bits per heavy atom. The monoisotopic (exact) mass is 195 g/mol. The first-order valence-electron chi connectivity index (χ1n) is 4.79. The van der Waals surface area contributed by atoms with Crippen molar-refractivity contribution in [3.8, 4) is 0 Å². The van der Waals surface area contributed by atoms with Gasteiger partial charge in [0.15, 0.2) is 0 Å². The fourth-order valence-electron chi connectivity index (χ4n) is 0.977. The number of hydrogen-bond donors (Lipinski definition) is 1. The van der Waals surface area contributed by atoms with Gasteiger partial charge in [-0.05, 0) is 12.8 Å². The van der Waals surface area contributed by atoms with Gasteiger partial charge in [0.1, 0.15) is 5.69 Å². The summed E-state index contributed by atoms with van der Waals surface area (Å²) in [4.78, 5) is 15.6. The lowest BCUT2D eigenvalue weighted by atomic mass is 10.1. The fraction of sp³-hybridized carbons (Fsp3) is 0.600. The van der Waals surface area contributed by atoms with Crippen molar-refractivity contribution >= 4 is 5.91 Å². The second-order valence-corrected chi connectivity index (χ2v) is 3.93. The van der Waals surface area contributed by atoms with E-state index in [0.717, 1.165) is 0 Å². The molecule has 0 unspecified atom stereocenters. The van der Waals surface area contributed by atoms with Crippen molar-refractivity contribution < 1.29 is 4.79 Å². The first-order valence-corrected chi connectivity index (χ1v) is 4.79. The summed E-state index contributed by atoms with van der Waals surface area (Å²) in [7, 11) is 1.84. The highest BCUT2D eigenvalue weighted by atomic mass is 16.1. The second-order valence-electron chi connectivity index (χ2n) is 3.93. The van der Waals surface area contributed by atoms with Gasteiger partial charge >= 0.3 is 0 Å². The van der Waals surface area contributed by atoms with E-state index in [1.54, 1.807) is 17.1 Å². The molecular weight excluding hydrogens is 178 g/mol. The van der Waals surface area contributed by atoms with Crippen molar-refractivity contribution in [1.29, 1.82) is 0 Å². The molecule has 1 heterocycles. The minimum absolute atomic E-state index is 0.105. The molecule has 0 radical (unpaired) electrons. The van der Waals surface area contributed by atoms with E-state index in [9.17, 15) is 4.79 Å². The summed E-state index contributed by atoms with van der Waals surface area (Å²) < 4.78 is 1.76. The minimum Gasteiger partial charge on any atom is -0.348 e. The van der Waals surface area contributed by atoms with Gasteiger partial charge in [0.25, 0.3) is 5.91 Å². The highest BCUT2D eigenvalue weighted by molar-refractivity contribution is 5.92. The van der Waals surface area contributed by atoms with Gasteiger partial charge in [0.05, 0.1) is 6.33 Å².